The van der Waals surface area contributed by atoms with Crippen LogP contribution in [0.15, 0.2) is 36.4 Å². The summed E-state index contributed by atoms with van der Waals surface area (Å²) in [6.07, 6.45) is 0. The fourth-order valence-electron chi connectivity index (χ4n) is 2.25. The van der Waals surface area contributed by atoms with Crippen LogP contribution in [0.25, 0.3) is 9.95 Å². The van der Waals surface area contributed by atoms with Crippen molar-refractivity contribution in [2.75, 3.05) is 0 Å². The molecule has 20 heavy (non-hydrogen) atoms. The average molecular weight is 262 g/mol. The van der Waals surface area contributed by atoms with E-state index in [1.54, 1.807) is 0 Å². The van der Waals surface area contributed by atoms with Crippen molar-refractivity contribution in [2.24, 2.45) is 0 Å². The molecule has 0 bridgehead atoms. The Hall–Kier alpha value is -3.38. The summed E-state index contributed by atoms with van der Waals surface area (Å²) in [6, 6.07) is 8.51. The lowest BCUT2D eigenvalue weighted by molar-refractivity contribution is 0.0979. The molecule has 0 aromatic heterocycles. The molecule has 0 spiro atoms. The number of diazo groups is 2. The summed E-state index contributed by atoms with van der Waals surface area (Å²) in [6.45, 7) is 0. The maximum atomic E-state index is 12.4. The van der Waals surface area contributed by atoms with E-state index in [-0.39, 0.29) is 45.2 Å². The second kappa shape index (κ2) is 4.08. The van der Waals surface area contributed by atoms with Gasteiger partial charge in [-0.3, -0.25) is 9.59 Å². The zero-order valence-corrected chi connectivity index (χ0v) is 10.1. The van der Waals surface area contributed by atoms with Crippen LogP contribution >= 0.6 is 0 Å². The molecular weight excluding hydrogens is 256 g/mol. The SMILES string of the molecule is N#[N+]c1ccc2c(c1)C(=O)c1cc([N+]#N)ccc1C2=O. The Morgan fingerprint density at radius 2 is 1.05 bits per heavy atom. The molecule has 0 unspecified atom stereocenters. The molecular formula is C14H6N4O2+2. The van der Waals surface area contributed by atoms with E-state index in [4.69, 9.17) is 10.8 Å². The van der Waals surface area contributed by atoms with Gasteiger partial charge in [0.1, 0.15) is 0 Å². The Morgan fingerprint density at radius 1 is 0.650 bits per heavy atom. The van der Waals surface area contributed by atoms with Crippen molar-refractivity contribution in [1.82, 2.24) is 0 Å². The molecule has 0 amide bonds. The average Bonchev–Trinajstić information content (AvgIpc) is 2.51. The molecule has 2 aromatic rings. The molecule has 1 aliphatic rings. The molecule has 1 aliphatic carbocycles. The highest BCUT2D eigenvalue weighted by atomic mass is 16.1. The first-order chi connectivity index (χ1) is 9.65. The maximum absolute atomic E-state index is 12.4. The van der Waals surface area contributed by atoms with E-state index in [0.29, 0.717) is 0 Å². The summed E-state index contributed by atoms with van der Waals surface area (Å²) in [5, 5.41) is 17.5. The van der Waals surface area contributed by atoms with Crippen LogP contribution in [0.3, 0.4) is 0 Å². The summed E-state index contributed by atoms with van der Waals surface area (Å²) in [7, 11) is 0. The number of nitrogens with zero attached hydrogens (tertiary/aromatic N) is 4. The largest absolute Gasteiger partial charge is 0.385 e. The van der Waals surface area contributed by atoms with Crippen LogP contribution < -0.4 is 0 Å². The van der Waals surface area contributed by atoms with Crippen molar-refractivity contribution >= 4 is 22.9 Å². The first-order valence-corrected chi connectivity index (χ1v) is 5.73. The molecule has 0 aliphatic heterocycles. The number of ketones is 2. The minimum Gasteiger partial charge on any atom is -0.289 e. The number of fused-ring (bicyclic) bond motifs is 2. The quantitative estimate of drug-likeness (QED) is 0.580. The van der Waals surface area contributed by atoms with E-state index in [2.05, 4.69) is 9.95 Å². The van der Waals surface area contributed by atoms with Crippen molar-refractivity contribution in [3.05, 3.63) is 68.6 Å². The van der Waals surface area contributed by atoms with Crippen molar-refractivity contribution in [1.29, 1.82) is 10.8 Å². The zero-order chi connectivity index (χ0) is 14.3. The molecule has 0 radical (unpaired) electrons. The lowest BCUT2D eigenvalue weighted by atomic mass is 9.83. The first kappa shape index (κ1) is 11.7. The Kier molecular flexibility index (Phi) is 2.38. The third-order valence-corrected chi connectivity index (χ3v) is 3.22. The van der Waals surface area contributed by atoms with Crippen molar-refractivity contribution in [2.45, 2.75) is 0 Å². The molecule has 92 valence electrons. The summed E-state index contributed by atoms with van der Waals surface area (Å²) < 4.78 is 0. The number of carbonyl (C=O) groups is 2. The van der Waals surface area contributed by atoms with Gasteiger partial charge in [-0.2, -0.15) is 0 Å². The highest BCUT2D eigenvalue weighted by molar-refractivity contribution is 6.28. The van der Waals surface area contributed by atoms with Gasteiger partial charge in [-0.15, -0.1) is 0 Å². The van der Waals surface area contributed by atoms with Crippen LogP contribution in [0.1, 0.15) is 31.8 Å². The monoisotopic (exact) mass is 262 g/mol. The van der Waals surface area contributed by atoms with E-state index >= 15 is 0 Å². The van der Waals surface area contributed by atoms with Gasteiger partial charge in [-0.1, -0.05) is 0 Å². The van der Waals surface area contributed by atoms with Crippen LogP contribution in [0, 0.1) is 10.8 Å². The number of carbonyl (C=O) groups excluding carboxylic acids is 2. The first-order valence-electron chi connectivity index (χ1n) is 5.73. The van der Waals surface area contributed by atoms with Crippen LogP contribution in [-0.2, 0) is 0 Å². The lowest BCUT2D eigenvalue weighted by Crippen LogP contribution is -2.20. The smallest absolute Gasteiger partial charge is 0.289 e. The number of hydrogen-bond donors (Lipinski definition) is 0. The second-order valence-electron chi connectivity index (χ2n) is 4.32. The lowest BCUT2D eigenvalue weighted by Gasteiger charge is -2.15. The molecule has 0 atom stereocenters. The summed E-state index contributed by atoms with van der Waals surface area (Å²) in [5.41, 5.74) is 1.26. The van der Waals surface area contributed by atoms with E-state index in [9.17, 15) is 9.59 Å². The van der Waals surface area contributed by atoms with Crippen LogP contribution in [0.5, 0.6) is 0 Å². The fraction of sp³-hybridized carbons (Fsp3) is 0. The Bertz CT molecular complexity index is 802. The van der Waals surface area contributed by atoms with Crippen molar-refractivity contribution < 1.29 is 9.59 Å². The standard InChI is InChI=1S/C14H6N4O2/c15-17-7-1-3-9-11(5-7)14(20)12-6-8(18-16)2-4-10(12)13(9)19/h1-6H/q+2. The van der Waals surface area contributed by atoms with Crippen molar-refractivity contribution in [3.63, 3.8) is 0 Å². The van der Waals surface area contributed by atoms with Gasteiger partial charge in [-0.25, -0.2) is 0 Å². The van der Waals surface area contributed by atoms with Gasteiger partial charge in [0, 0.05) is 46.5 Å². The van der Waals surface area contributed by atoms with Gasteiger partial charge in [0.05, 0.1) is 0 Å². The van der Waals surface area contributed by atoms with Crippen LogP contribution in [0.4, 0.5) is 11.4 Å². The summed E-state index contributed by atoms with van der Waals surface area (Å²) in [4.78, 5) is 30.7. The molecule has 0 saturated heterocycles. The third-order valence-electron chi connectivity index (χ3n) is 3.22. The molecule has 3 rings (SSSR count). The molecule has 6 heteroatoms. The predicted octanol–water partition coefficient (Wildman–Crippen LogP) is 3.43. The predicted molar refractivity (Wildman–Crippen MR) is 69.2 cm³/mol. The summed E-state index contributed by atoms with van der Waals surface area (Å²) >= 11 is 0. The number of hydrogen-bond acceptors (Lipinski definition) is 4. The Balaban J connectivity index is 2.29. The molecule has 0 saturated carbocycles. The zero-order valence-electron chi connectivity index (χ0n) is 10.1. The fourth-order valence-corrected chi connectivity index (χ4v) is 2.25. The highest BCUT2D eigenvalue weighted by Crippen LogP contribution is 2.31. The second-order valence-corrected chi connectivity index (χ2v) is 4.32. The summed E-state index contributed by atoms with van der Waals surface area (Å²) in [5.74, 6) is -0.658. The molecule has 6 nitrogen and oxygen atoms in total. The third kappa shape index (κ3) is 1.49. The van der Waals surface area contributed by atoms with Gasteiger partial charge >= 0.3 is 11.4 Å². The molecule has 0 heterocycles. The van der Waals surface area contributed by atoms with Gasteiger partial charge in [0.25, 0.3) is 0 Å². The van der Waals surface area contributed by atoms with E-state index in [0.717, 1.165) is 0 Å². The normalized spacial score (nSPS) is 12.1. The van der Waals surface area contributed by atoms with Gasteiger partial charge in [0.15, 0.2) is 21.5 Å². The van der Waals surface area contributed by atoms with Gasteiger partial charge in [0.2, 0.25) is 10.8 Å². The topological polar surface area (TPSA) is 90.4 Å². The minimum atomic E-state index is -0.370. The van der Waals surface area contributed by atoms with E-state index in [1.165, 1.54) is 36.4 Å². The van der Waals surface area contributed by atoms with Crippen LogP contribution in [-0.4, -0.2) is 11.6 Å². The number of rotatable bonds is 0. The maximum Gasteiger partial charge on any atom is 0.385 e. The molecule has 0 fully saturated rings. The van der Waals surface area contributed by atoms with Gasteiger partial charge in [-0.05, 0) is 12.1 Å². The van der Waals surface area contributed by atoms with E-state index in [1.807, 2.05) is 0 Å². The Labute approximate surface area is 112 Å². The van der Waals surface area contributed by atoms with E-state index < -0.39 is 0 Å². The minimum absolute atomic E-state index is 0.174. The highest BCUT2D eigenvalue weighted by Gasteiger charge is 2.32. The van der Waals surface area contributed by atoms with Gasteiger partial charge < -0.3 is 0 Å². The Morgan fingerprint density at radius 3 is 1.45 bits per heavy atom. The van der Waals surface area contributed by atoms with Crippen molar-refractivity contribution in [3.8, 4) is 0 Å². The molecule has 2 aromatic carbocycles. The van der Waals surface area contributed by atoms with Crippen LogP contribution in [0.2, 0.25) is 0 Å². The number of benzene rings is 2. The molecule has 0 N–H and O–H groups in total.